The van der Waals surface area contributed by atoms with Gasteiger partial charge >= 0.3 is 0 Å². The second-order valence-electron chi connectivity index (χ2n) is 58.7. The summed E-state index contributed by atoms with van der Waals surface area (Å²) in [7, 11) is 0. The van der Waals surface area contributed by atoms with E-state index >= 15 is 0 Å². The van der Waals surface area contributed by atoms with Crippen molar-refractivity contribution in [3.63, 3.8) is 0 Å². The topological polar surface area (TPSA) is 0 Å². The first-order valence-corrected chi connectivity index (χ1v) is 53.7. The Balaban J connectivity index is -0.000000632. The van der Waals surface area contributed by atoms with Crippen molar-refractivity contribution in [3.05, 3.63) is 0 Å². The molecule has 8 saturated carbocycles. The molecule has 0 aliphatic heterocycles. The Kier molecular flexibility index (Phi) is 63.8. The molecule has 8 fully saturated rings. The van der Waals surface area contributed by atoms with Crippen molar-refractivity contribution in [1.82, 2.24) is 0 Å². The van der Waals surface area contributed by atoms with Crippen LogP contribution in [0.3, 0.4) is 0 Å². The Morgan fingerprint density at radius 1 is 0.236 bits per heavy atom. The number of hydrogen-bond donors (Lipinski definition) is 0. The molecule has 0 amide bonds. The third-order valence-electron chi connectivity index (χ3n) is 28.6. The highest BCUT2D eigenvalue weighted by Crippen LogP contribution is 2.47. The molecule has 0 heterocycles. The highest BCUT2D eigenvalue weighted by atomic mass is 19.3. The summed E-state index contributed by atoms with van der Waals surface area (Å²) in [5, 5.41) is 0. The van der Waals surface area contributed by atoms with Crippen molar-refractivity contribution in [1.29, 1.82) is 0 Å². The average Bonchev–Trinajstić information content (AvgIpc) is 0.996. The first-order chi connectivity index (χ1) is 55.1. The van der Waals surface area contributed by atoms with Gasteiger partial charge in [0.25, 0.3) is 0 Å². The molecule has 0 nitrogen and oxygen atoms in total. The van der Waals surface area contributed by atoms with Crippen molar-refractivity contribution in [2.24, 2.45) is 153 Å². The minimum Gasteiger partial charge on any atom is -0.248 e. The summed E-state index contributed by atoms with van der Waals surface area (Å²) in [4.78, 5) is 0. The number of rotatable bonds is 12. The molecule has 0 aromatic carbocycles. The highest BCUT2D eigenvalue weighted by molar-refractivity contribution is 4.87. The van der Waals surface area contributed by atoms with E-state index in [2.05, 4.69) is 291 Å². The van der Waals surface area contributed by atoms with Gasteiger partial charge in [0.2, 0.25) is 6.43 Å². The molecule has 4 atom stereocenters. The zero-order valence-corrected chi connectivity index (χ0v) is 94.5. The van der Waals surface area contributed by atoms with E-state index in [1.165, 1.54) is 238 Å². The quantitative estimate of drug-likeness (QED) is 0.171. The van der Waals surface area contributed by atoms with Crippen LogP contribution in [-0.2, 0) is 0 Å². The minimum absolute atomic E-state index is 0.0262. The van der Waals surface area contributed by atoms with Gasteiger partial charge in [0, 0.05) is 6.42 Å². The van der Waals surface area contributed by atoms with Crippen LogP contribution in [-0.4, -0.2) is 18.8 Å². The molecule has 0 saturated heterocycles. The highest BCUT2D eigenvalue weighted by Gasteiger charge is 2.37. The van der Waals surface area contributed by atoms with Crippen molar-refractivity contribution in [2.75, 3.05) is 0 Å². The Hall–Kier alpha value is -0.280. The molecule has 4 unspecified atom stereocenters. The second kappa shape index (κ2) is 60.9. The Bertz CT molecular complexity index is 2340. The molecule has 746 valence electrons. The molecule has 0 radical (unpaired) electrons. The van der Waals surface area contributed by atoms with Crippen LogP contribution in [0, 0.1) is 153 Å². The zero-order chi connectivity index (χ0) is 97.0. The Morgan fingerprint density at radius 2 is 0.472 bits per heavy atom. The van der Waals surface area contributed by atoms with Gasteiger partial charge in [-0.3, -0.25) is 0 Å². The van der Waals surface area contributed by atoms with E-state index in [0.29, 0.717) is 78.8 Å². The van der Waals surface area contributed by atoms with Gasteiger partial charge < -0.3 is 0 Å². The third-order valence-corrected chi connectivity index (χ3v) is 28.6. The molecule has 8 aliphatic rings. The van der Waals surface area contributed by atoms with E-state index in [-0.39, 0.29) is 28.6 Å². The van der Waals surface area contributed by atoms with E-state index in [9.17, 15) is 17.6 Å². The van der Waals surface area contributed by atoms with Gasteiger partial charge in [0.15, 0.2) is 0 Å². The maximum Gasteiger partial charge on any atom is 0.238 e. The SMILES string of the molecule is CC(C)(C)C(CC(F)F)C1CCCCC1.CC(C)(C)C1CCCC1.CC(C)(C)C1CCCCC1.CC(C)(C)CC1CC1.CC(C)(C)CC1CCC(C(C)(C)C)CC1.CC(C)(C)CC1CCCC1.CC(C)(C)CC1CCCCC1.CC(C)C(C)(C)C.CC(C)CC(C)(C)C.CC(F)CC(C)(C)C.CC(F)CC(C)C(C)(C)C.CC1CCC(CC(C)(C)C)CC1. The molecular weight excluding hydrogens is 1510 g/mol. The van der Waals surface area contributed by atoms with E-state index in [1.807, 2.05) is 20.8 Å². The van der Waals surface area contributed by atoms with Gasteiger partial charge in [-0.05, 0) is 257 Å². The molecule has 0 bridgehead atoms. The van der Waals surface area contributed by atoms with Gasteiger partial charge in [-0.2, -0.15) is 0 Å². The number of alkyl halides is 4. The lowest BCUT2D eigenvalue weighted by atomic mass is 9.67. The maximum absolute atomic E-state index is 12.6. The molecule has 0 spiro atoms. The smallest absolute Gasteiger partial charge is 0.238 e. The van der Waals surface area contributed by atoms with Gasteiger partial charge in [0.05, 0.1) is 12.3 Å². The summed E-state index contributed by atoms with van der Waals surface area (Å²) in [6.07, 6.45) is 54.0. The van der Waals surface area contributed by atoms with Gasteiger partial charge in [0.1, 0.15) is 0 Å². The molecule has 8 aliphatic carbocycles. The van der Waals surface area contributed by atoms with E-state index in [4.69, 9.17) is 0 Å². The summed E-state index contributed by atoms with van der Waals surface area (Å²) >= 11 is 0. The van der Waals surface area contributed by atoms with E-state index in [1.54, 1.807) is 13.8 Å². The van der Waals surface area contributed by atoms with Crippen LogP contribution in [0.4, 0.5) is 17.6 Å². The molecule has 0 N–H and O–H groups in total. The maximum atomic E-state index is 12.6. The molecule has 0 aromatic rings. The number of hydrogen-bond acceptors (Lipinski definition) is 0. The van der Waals surface area contributed by atoms with Gasteiger partial charge in [-0.1, -0.05) is 485 Å². The average molecular weight is 1750 g/mol. The second-order valence-corrected chi connectivity index (χ2v) is 58.7. The fraction of sp³-hybridized carbons (Fsp3) is 1.00. The lowest BCUT2D eigenvalue weighted by Crippen LogP contribution is -2.31. The molecule has 4 heteroatoms. The fourth-order valence-electron chi connectivity index (χ4n) is 20.7. The zero-order valence-electron chi connectivity index (χ0n) is 94.5. The van der Waals surface area contributed by atoms with Crippen LogP contribution in [0.5, 0.6) is 0 Å². The lowest BCUT2D eigenvalue weighted by molar-refractivity contribution is 0.0375. The summed E-state index contributed by atoms with van der Waals surface area (Å²) in [5.41, 5.74) is 5.91. The predicted octanol–water partition coefficient (Wildman–Crippen LogP) is 43.7. The van der Waals surface area contributed by atoms with Crippen LogP contribution in [0.15, 0.2) is 0 Å². The van der Waals surface area contributed by atoms with Crippen molar-refractivity contribution < 1.29 is 17.6 Å². The van der Waals surface area contributed by atoms with Crippen molar-refractivity contribution in [3.8, 4) is 0 Å². The van der Waals surface area contributed by atoms with Crippen LogP contribution in [0.2, 0.25) is 0 Å². The third kappa shape index (κ3) is 84.5. The largest absolute Gasteiger partial charge is 0.248 e. The van der Waals surface area contributed by atoms with Crippen LogP contribution >= 0.6 is 0 Å². The first kappa shape index (κ1) is 129. The van der Waals surface area contributed by atoms with Crippen molar-refractivity contribution in [2.45, 2.75) is 614 Å². The summed E-state index contributed by atoms with van der Waals surface area (Å²) in [6, 6.07) is 0. The lowest BCUT2D eigenvalue weighted by Gasteiger charge is -2.39. The van der Waals surface area contributed by atoms with Crippen LogP contribution in [0.1, 0.15) is 595 Å². The van der Waals surface area contributed by atoms with Crippen LogP contribution < -0.4 is 0 Å². The fourth-order valence-corrected chi connectivity index (χ4v) is 20.7. The van der Waals surface area contributed by atoms with E-state index < -0.39 is 18.8 Å². The summed E-state index contributed by atoms with van der Waals surface area (Å²) in [6.45, 7) is 106. The normalized spacial score (nSPS) is 22.2. The molecule has 8 rings (SSSR count). The summed E-state index contributed by atoms with van der Waals surface area (Å²) < 4.78 is 49.8. The Labute approximate surface area is 779 Å². The monoisotopic (exact) mass is 1750 g/mol. The van der Waals surface area contributed by atoms with Crippen LogP contribution in [0.25, 0.3) is 0 Å². The first-order valence-electron chi connectivity index (χ1n) is 53.7. The number of halogens is 4. The minimum atomic E-state index is -2.14. The Morgan fingerprint density at radius 3 is 0.650 bits per heavy atom. The predicted molar refractivity (Wildman–Crippen MR) is 557 cm³/mol. The van der Waals surface area contributed by atoms with Gasteiger partial charge in [-0.25, -0.2) is 17.6 Å². The molecule has 123 heavy (non-hydrogen) atoms. The van der Waals surface area contributed by atoms with E-state index in [0.717, 1.165) is 77.9 Å². The van der Waals surface area contributed by atoms with Crippen molar-refractivity contribution >= 4 is 0 Å². The molecular formula is C119H242F4. The van der Waals surface area contributed by atoms with Gasteiger partial charge in [-0.15, -0.1) is 0 Å². The summed E-state index contributed by atoms with van der Waals surface area (Å²) in [5.74, 6) is 12.0. The standard InChI is InChI=1S/C15H30.C13H24F2.C12H24.C11H22.2C10H20.C9H19F.C9H18.C8H16.C8H18.C7H15F.C7H16/c1-14(2,3)11-12-7-9-13(10-8-12)15(4,5)6;1-13(2,3)11(9-12(14)15)10-7-5-4-6-8-10;1-10-5-7-11(8-6-10)9-12(2,3)4;1-11(2,3)9-10-7-5-4-6-8-10;1-10(2,3)8-9-6-4-5-7-9;1-10(2,3)9-7-5-4-6-8-9;1-7(6-8(2)10)9(3,4)5;1-9(2,3)8-6-4-5-7-8;1-8(2,3)6-7-4-5-7;1-7(2)6-8(3,4)5;1-6(8)5-7(2,3)4;1-6(2)7(3,4)5/h12-13H,7-11H2,1-6H3;10-12H,4-9H2,1-3H3;10-11H,5-9H2,1-4H3;10H,4-9H2,1-3H3;2*9H,4-8H2,1-3H3;7-8H,6H2,1-5H3;8H,4-7H2,1-3H3;7H,4-6H2,1-3H3;7H,6H2,1-5H3;6H,5H2,1-4H3;6H,1-5H3. The molecule has 0 aromatic heterocycles.